The number of hydrogen-bond acceptors (Lipinski definition) is 6. The molecular weight excluding hydrogens is 448 g/mol. The lowest BCUT2D eigenvalue weighted by molar-refractivity contribution is -0.132. The Morgan fingerprint density at radius 2 is 2.00 bits per heavy atom. The number of aromatic hydroxyl groups is 2. The lowest BCUT2D eigenvalue weighted by Crippen LogP contribution is -2.36. The number of para-hydroxylation sites is 1. The van der Waals surface area contributed by atoms with E-state index < -0.39 is 17.1 Å². The number of phenols is 1. The number of fused-ring (bicyclic) bond motifs is 3. The van der Waals surface area contributed by atoms with Gasteiger partial charge >= 0.3 is 0 Å². The molecule has 2 aromatic carbocycles. The third-order valence-corrected chi connectivity index (χ3v) is 6.49. The number of aromatic amines is 1. The van der Waals surface area contributed by atoms with Crippen molar-refractivity contribution in [2.24, 2.45) is 0 Å². The zero-order chi connectivity index (χ0) is 24.5. The SMILES string of the molecule is COCc1cc(=O)c(O)c([C@@H](CC(=O)N2CCc3c([nH]c4ccccc34)C2)c2cccc(O)c2)o1. The number of aromatic nitrogens is 1. The van der Waals surface area contributed by atoms with Crippen molar-refractivity contribution in [1.29, 1.82) is 0 Å². The quantitative estimate of drug-likeness (QED) is 0.392. The number of nitrogens with one attached hydrogen (secondary N) is 1. The third kappa shape index (κ3) is 4.40. The fourth-order valence-electron chi connectivity index (χ4n) is 4.82. The van der Waals surface area contributed by atoms with Crippen LogP contribution in [0.1, 0.15) is 40.7 Å². The molecule has 5 rings (SSSR count). The largest absolute Gasteiger partial charge is 0.508 e. The Morgan fingerprint density at radius 3 is 2.80 bits per heavy atom. The molecule has 8 heteroatoms. The number of ether oxygens (including phenoxy) is 1. The normalized spacial score (nSPS) is 14.1. The van der Waals surface area contributed by atoms with Crippen molar-refractivity contribution in [3.63, 3.8) is 0 Å². The first kappa shape index (κ1) is 22.7. The molecule has 0 saturated heterocycles. The van der Waals surface area contributed by atoms with Gasteiger partial charge in [0, 0.05) is 42.7 Å². The second-order valence-corrected chi connectivity index (χ2v) is 8.77. The molecule has 1 aliphatic heterocycles. The summed E-state index contributed by atoms with van der Waals surface area (Å²) in [6, 6.07) is 15.7. The molecule has 0 bridgehead atoms. The van der Waals surface area contributed by atoms with E-state index in [0.717, 1.165) is 17.6 Å². The molecule has 3 N–H and O–H groups in total. The molecule has 8 nitrogen and oxygen atoms in total. The highest BCUT2D eigenvalue weighted by atomic mass is 16.5. The monoisotopic (exact) mass is 474 g/mol. The zero-order valence-electron chi connectivity index (χ0n) is 19.3. The summed E-state index contributed by atoms with van der Waals surface area (Å²) in [6.45, 7) is 1.04. The van der Waals surface area contributed by atoms with Crippen molar-refractivity contribution in [1.82, 2.24) is 9.88 Å². The van der Waals surface area contributed by atoms with E-state index in [9.17, 15) is 19.8 Å². The van der Waals surface area contributed by atoms with Crippen molar-refractivity contribution in [3.05, 3.63) is 93.2 Å². The van der Waals surface area contributed by atoms with Gasteiger partial charge in [0.15, 0.2) is 5.76 Å². The summed E-state index contributed by atoms with van der Waals surface area (Å²) < 4.78 is 10.9. The van der Waals surface area contributed by atoms with Crippen LogP contribution >= 0.6 is 0 Å². The van der Waals surface area contributed by atoms with Gasteiger partial charge in [-0.15, -0.1) is 0 Å². The van der Waals surface area contributed by atoms with Crippen LogP contribution in [0.15, 0.2) is 63.8 Å². The highest BCUT2D eigenvalue weighted by Crippen LogP contribution is 2.36. The Bertz CT molecular complexity index is 1450. The maximum atomic E-state index is 13.5. The van der Waals surface area contributed by atoms with Crippen molar-refractivity contribution in [3.8, 4) is 11.5 Å². The predicted octanol–water partition coefficient (Wildman–Crippen LogP) is 3.79. The second kappa shape index (κ2) is 9.31. The molecule has 35 heavy (non-hydrogen) atoms. The van der Waals surface area contributed by atoms with Crippen LogP contribution in [0.5, 0.6) is 11.5 Å². The minimum Gasteiger partial charge on any atom is -0.508 e. The number of carbonyl (C=O) groups is 1. The van der Waals surface area contributed by atoms with E-state index in [4.69, 9.17) is 9.15 Å². The first-order chi connectivity index (χ1) is 16.9. The Balaban J connectivity index is 1.48. The second-order valence-electron chi connectivity index (χ2n) is 8.77. The zero-order valence-corrected chi connectivity index (χ0v) is 19.3. The lowest BCUT2D eigenvalue weighted by Gasteiger charge is -2.29. The first-order valence-electron chi connectivity index (χ1n) is 11.4. The Labute approximate surface area is 201 Å². The van der Waals surface area contributed by atoms with Gasteiger partial charge in [-0.25, -0.2) is 0 Å². The van der Waals surface area contributed by atoms with Crippen molar-refractivity contribution >= 4 is 16.8 Å². The summed E-state index contributed by atoms with van der Waals surface area (Å²) in [5.41, 5.74) is 3.22. The Morgan fingerprint density at radius 1 is 1.17 bits per heavy atom. The fourth-order valence-corrected chi connectivity index (χ4v) is 4.82. The van der Waals surface area contributed by atoms with Gasteiger partial charge < -0.3 is 29.3 Å². The average molecular weight is 475 g/mol. The number of methoxy groups -OCH3 is 1. The molecule has 180 valence electrons. The third-order valence-electron chi connectivity index (χ3n) is 6.49. The highest BCUT2D eigenvalue weighted by Gasteiger charge is 2.30. The van der Waals surface area contributed by atoms with Crippen LogP contribution in [0.3, 0.4) is 0 Å². The number of nitrogens with zero attached hydrogens (tertiary/aromatic N) is 1. The van der Waals surface area contributed by atoms with Crippen molar-refractivity contribution in [2.75, 3.05) is 13.7 Å². The summed E-state index contributed by atoms with van der Waals surface area (Å²) in [6.07, 6.45) is 0.678. The maximum absolute atomic E-state index is 13.5. The summed E-state index contributed by atoms with van der Waals surface area (Å²) in [7, 11) is 1.47. The van der Waals surface area contributed by atoms with E-state index in [1.807, 2.05) is 18.2 Å². The average Bonchev–Trinajstić information content (AvgIpc) is 3.23. The minimum atomic E-state index is -0.775. The van der Waals surface area contributed by atoms with E-state index >= 15 is 0 Å². The molecule has 0 saturated carbocycles. The summed E-state index contributed by atoms with van der Waals surface area (Å²) >= 11 is 0. The smallest absolute Gasteiger partial charge is 0.227 e. The van der Waals surface area contributed by atoms with Crippen LogP contribution in [0.2, 0.25) is 0 Å². The summed E-state index contributed by atoms with van der Waals surface area (Å²) in [4.78, 5) is 31.1. The molecule has 1 amide bonds. The molecule has 0 aliphatic carbocycles. The van der Waals surface area contributed by atoms with Gasteiger partial charge in [0.05, 0.1) is 12.5 Å². The summed E-state index contributed by atoms with van der Waals surface area (Å²) in [5, 5.41) is 21.8. The molecule has 2 aromatic heterocycles. The van der Waals surface area contributed by atoms with Crippen LogP contribution in [-0.4, -0.2) is 39.7 Å². The van der Waals surface area contributed by atoms with E-state index in [-0.39, 0.29) is 36.2 Å². The van der Waals surface area contributed by atoms with Gasteiger partial charge in [0.2, 0.25) is 17.1 Å². The first-order valence-corrected chi connectivity index (χ1v) is 11.4. The van der Waals surface area contributed by atoms with Gasteiger partial charge in [-0.05, 0) is 35.7 Å². The van der Waals surface area contributed by atoms with Crippen molar-refractivity contribution in [2.45, 2.75) is 31.9 Å². The lowest BCUT2D eigenvalue weighted by atomic mass is 9.91. The molecule has 0 spiro atoms. The van der Waals surface area contributed by atoms with E-state index in [1.54, 1.807) is 17.0 Å². The van der Waals surface area contributed by atoms with E-state index in [0.29, 0.717) is 18.7 Å². The van der Waals surface area contributed by atoms with Crippen molar-refractivity contribution < 1.29 is 24.2 Å². The Hall–Kier alpha value is -4.04. The van der Waals surface area contributed by atoms with E-state index in [1.165, 1.54) is 36.3 Å². The molecule has 3 heterocycles. The number of amides is 1. The molecule has 1 atom stereocenters. The molecule has 1 aliphatic rings. The van der Waals surface area contributed by atoms with Crippen LogP contribution in [0.25, 0.3) is 10.9 Å². The number of hydrogen-bond donors (Lipinski definition) is 3. The molecule has 4 aromatic rings. The Kier molecular flexibility index (Phi) is 6.05. The molecule has 0 fully saturated rings. The van der Waals surface area contributed by atoms with Gasteiger partial charge in [-0.3, -0.25) is 9.59 Å². The molecular formula is C27H26N2O6. The van der Waals surface area contributed by atoms with Crippen LogP contribution in [0, 0.1) is 0 Å². The minimum absolute atomic E-state index is 0.00974. The standard InChI is InChI=1S/C27H26N2O6/c1-34-15-18-12-24(31)26(33)27(35-18)21(16-5-4-6-17(30)11-16)13-25(32)29-10-9-20-19-7-2-3-8-22(19)28-23(20)14-29/h2-8,11-12,21,28,30,33H,9-10,13-15H2,1H3/t21-/m0/s1. The number of rotatable bonds is 6. The maximum Gasteiger partial charge on any atom is 0.227 e. The summed E-state index contributed by atoms with van der Waals surface area (Å²) in [5.74, 6) is -1.25. The van der Waals surface area contributed by atoms with Crippen LogP contribution in [0.4, 0.5) is 0 Å². The number of H-pyrrole nitrogens is 1. The number of carbonyl (C=O) groups excluding carboxylic acids is 1. The number of benzene rings is 2. The van der Waals surface area contributed by atoms with Gasteiger partial charge in [0.25, 0.3) is 0 Å². The van der Waals surface area contributed by atoms with Crippen LogP contribution < -0.4 is 5.43 Å². The highest BCUT2D eigenvalue weighted by molar-refractivity contribution is 5.86. The van der Waals surface area contributed by atoms with Gasteiger partial charge in [-0.1, -0.05) is 30.3 Å². The number of phenolic OH excluding ortho intramolecular Hbond substituents is 1. The topological polar surface area (TPSA) is 116 Å². The van der Waals surface area contributed by atoms with E-state index in [2.05, 4.69) is 11.1 Å². The van der Waals surface area contributed by atoms with Gasteiger partial charge in [0.1, 0.15) is 18.1 Å². The van der Waals surface area contributed by atoms with Crippen LogP contribution in [-0.2, 0) is 29.1 Å². The predicted molar refractivity (Wildman–Crippen MR) is 129 cm³/mol. The fraction of sp³-hybridized carbons (Fsp3) is 0.259. The molecule has 0 radical (unpaired) electrons. The molecule has 0 unspecified atom stereocenters. The van der Waals surface area contributed by atoms with Gasteiger partial charge in [-0.2, -0.15) is 0 Å².